The van der Waals surface area contributed by atoms with Crippen molar-refractivity contribution in [1.82, 2.24) is 10.2 Å². The highest BCUT2D eigenvalue weighted by atomic mass is 35.5. The molecular formula is C4H9Cl2N3. The highest BCUT2D eigenvalue weighted by Crippen LogP contribution is 1.87. The van der Waals surface area contributed by atoms with E-state index in [1.165, 1.54) is 0 Å². The number of nitrogens with two attached hydrogens (primary N) is 1. The quantitative estimate of drug-likeness (QED) is 0.652. The molecule has 5 heteroatoms. The van der Waals surface area contributed by atoms with E-state index in [2.05, 4.69) is 10.2 Å². The monoisotopic (exact) mass is 169 g/mol. The van der Waals surface area contributed by atoms with Crippen LogP contribution in [0.4, 0.5) is 0 Å². The molecule has 3 N–H and O–H groups in total. The summed E-state index contributed by atoms with van der Waals surface area (Å²) in [5.41, 5.74) is 6.28. The van der Waals surface area contributed by atoms with E-state index in [0.29, 0.717) is 6.54 Å². The maximum atomic E-state index is 5.23. The molecule has 9 heavy (non-hydrogen) atoms. The van der Waals surface area contributed by atoms with Gasteiger partial charge in [-0.25, -0.2) is 0 Å². The van der Waals surface area contributed by atoms with Gasteiger partial charge in [0.05, 0.1) is 6.20 Å². The van der Waals surface area contributed by atoms with Crippen molar-refractivity contribution >= 4 is 24.8 Å². The molecule has 1 aromatic rings. The highest BCUT2D eigenvalue weighted by molar-refractivity contribution is 5.85. The largest absolute Gasteiger partial charge is 0.326 e. The number of nitrogens with one attached hydrogen (secondary N) is 1. The maximum Gasteiger partial charge on any atom is 0.0532 e. The lowest BCUT2D eigenvalue weighted by atomic mass is 10.4. The molecule has 0 aromatic carbocycles. The first kappa shape index (κ1) is 11.5. The Labute approximate surface area is 65.8 Å². The second-order valence-corrected chi connectivity index (χ2v) is 1.31. The van der Waals surface area contributed by atoms with Gasteiger partial charge in [0.15, 0.2) is 0 Å². The number of nitrogens with zero attached hydrogens (tertiary/aromatic N) is 1. The summed E-state index contributed by atoms with van der Waals surface area (Å²) in [7, 11) is 0. The van der Waals surface area contributed by atoms with Gasteiger partial charge in [-0.2, -0.15) is 5.10 Å². The van der Waals surface area contributed by atoms with Gasteiger partial charge < -0.3 is 5.73 Å². The highest BCUT2D eigenvalue weighted by Gasteiger charge is 1.83. The lowest BCUT2D eigenvalue weighted by Crippen LogP contribution is -1.92. The van der Waals surface area contributed by atoms with Crippen LogP contribution in [0, 0.1) is 0 Å². The molecule has 0 saturated carbocycles. The molecule has 0 atom stereocenters. The summed E-state index contributed by atoms with van der Waals surface area (Å²) >= 11 is 0. The molecule has 0 aliphatic heterocycles. The predicted molar refractivity (Wildman–Crippen MR) is 41.0 cm³/mol. The van der Waals surface area contributed by atoms with E-state index in [9.17, 15) is 0 Å². The first-order valence-electron chi connectivity index (χ1n) is 2.11. The molecule has 1 heterocycles. The Bertz CT molecular complexity index is 128. The maximum absolute atomic E-state index is 5.23. The molecule has 54 valence electrons. The van der Waals surface area contributed by atoms with Crippen LogP contribution in [0.1, 0.15) is 5.56 Å². The van der Waals surface area contributed by atoms with E-state index in [4.69, 9.17) is 5.73 Å². The molecule has 1 rings (SSSR count). The summed E-state index contributed by atoms with van der Waals surface area (Å²) < 4.78 is 0. The molecule has 0 amide bonds. The molecule has 0 aliphatic carbocycles. The SMILES string of the molecule is Cl.Cl.NCc1cn[nH]c1. The van der Waals surface area contributed by atoms with Crippen LogP contribution in [-0.4, -0.2) is 10.2 Å². The van der Waals surface area contributed by atoms with Crippen molar-refractivity contribution in [3.8, 4) is 0 Å². The van der Waals surface area contributed by atoms with Gasteiger partial charge in [-0.1, -0.05) is 0 Å². The van der Waals surface area contributed by atoms with Crippen LogP contribution in [0.2, 0.25) is 0 Å². The van der Waals surface area contributed by atoms with Crippen LogP contribution in [0.5, 0.6) is 0 Å². The number of H-pyrrole nitrogens is 1. The topological polar surface area (TPSA) is 54.7 Å². The van der Waals surface area contributed by atoms with Crippen molar-refractivity contribution in [3.05, 3.63) is 18.0 Å². The number of aromatic amines is 1. The summed E-state index contributed by atoms with van der Waals surface area (Å²) in [4.78, 5) is 0. The smallest absolute Gasteiger partial charge is 0.0532 e. The molecule has 0 bridgehead atoms. The average molecular weight is 170 g/mol. The van der Waals surface area contributed by atoms with Crippen LogP contribution in [-0.2, 0) is 6.54 Å². The normalized spacial score (nSPS) is 7.22. The van der Waals surface area contributed by atoms with Gasteiger partial charge in [0.2, 0.25) is 0 Å². The fourth-order valence-corrected chi connectivity index (χ4v) is 0.389. The first-order chi connectivity index (χ1) is 3.43. The lowest BCUT2D eigenvalue weighted by Gasteiger charge is -1.77. The number of aromatic nitrogens is 2. The minimum Gasteiger partial charge on any atom is -0.326 e. The molecule has 0 spiro atoms. The molecule has 0 fully saturated rings. The third-order valence-electron chi connectivity index (χ3n) is 0.791. The van der Waals surface area contributed by atoms with Crippen molar-refractivity contribution in [2.24, 2.45) is 5.73 Å². The van der Waals surface area contributed by atoms with Crippen LogP contribution in [0.15, 0.2) is 12.4 Å². The van der Waals surface area contributed by atoms with Gasteiger partial charge in [-0.3, -0.25) is 5.10 Å². The summed E-state index contributed by atoms with van der Waals surface area (Å²) in [6, 6.07) is 0. The summed E-state index contributed by atoms with van der Waals surface area (Å²) in [5, 5.41) is 6.34. The van der Waals surface area contributed by atoms with Crippen LogP contribution >= 0.6 is 24.8 Å². The summed E-state index contributed by atoms with van der Waals surface area (Å²) in [6.07, 6.45) is 3.49. The van der Waals surface area contributed by atoms with E-state index in [-0.39, 0.29) is 24.8 Å². The Morgan fingerprint density at radius 2 is 2.22 bits per heavy atom. The summed E-state index contributed by atoms with van der Waals surface area (Å²) in [6.45, 7) is 0.566. The van der Waals surface area contributed by atoms with Crippen LogP contribution < -0.4 is 5.73 Å². The molecular weight excluding hydrogens is 161 g/mol. The second kappa shape index (κ2) is 5.88. The van der Waals surface area contributed by atoms with E-state index in [1.54, 1.807) is 12.4 Å². The van der Waals surface area contributed by atoms with Gasteiger partial charge in [-0.15, -0.1) is 24.8 Å². The fourth-order valence-electron chi connectivity index (χ4n) is 0.389. The van der Waals surface area contributed by atoms with E-state index >= 15 is 0 Å². The van der Waals surface area contributed by atoms with Crippen molar-refractivity contribution in [2.45, 2.75) is 6.54 Å². The Morgan fingerprint density at radius 1 is 1.56 bits per heavy atom. The third-order valence-corrected chi connectivity index (χ3v) is 0.791. The molecule has 0 saturated heterocycles. The lowest BCUT2D eigenvalue weighted by molar-refractivity contribution is 1.07. The Hall–Kier alpha value is -0.250. The predicted octanol–water partition coefficient (Wildman–Crippen LogP) is 0.712. The zero-order chi connectivity index (χ0) is 5.11. The van der Waals surface area contributed by atoms with Gasteiger partial charge in [0.25, 0.3) is 0 Å². The minimum atomic E-state index is 0. The van der Waals surface area contributed by atoms with Crippen molar-refractivity contribution in [2.75, 3.05) is 0 Å². The third kappa shape index (κ3) is 3.35. The van der Waals surface area contributed by atoms with Gasteiger partial charge in [-0.05, 0) is 0 Å². The Kier molecular flexibility index (Phi) is 7.53. The molecule has 0 aliphatic rings. The molecule has 3 nitrogen and oxygen atoms in total. The number of hydrogen-bond donors (Lipinski definition) is 2. The molecule has 0 unspecified atom stereocenters. The average Bonchev–Trinajstić information content (AvgIpc) is 2.14. The number of rotatable bonds is 1. The van der Waals surface area contributed by atoms with Crippen LogP contribution in [0.25, 0.3) is 0 Å². The number of hydrogen-bond acceptors (Lipinski definition) is 2. The second-order valence-electron chi connectivity index (χ2n) is 1.31. The number of halogens is 2. The summed E-state index contributed by atoms with van der Waals surface area (Å²) in [5.74, 6) is 0. The fraction of sp³-hybridized carbons (Fsp3) is 0.250. The van der Waals surface area contributed by atoms with Gasteiger partial charge >= 0.3 is 0 Å². The van der Waals surface area contributed by atoms with E-state index in [0.717, 1.165) is 5.56 Å². The van der Waals surface area contributed by atoms with E-state index in [1.807, 2.05) is 0 Å². The van der Waals surface area contributed by atoms with Crippen molar-refractivity contribution in [3.63, 3.8) is 0 Å². The van der Waals surface area contributed by atoms with Gasteiger partial charge in [0, 0.05) is 18.3 Å². The Balaban J connectivity index is 0. The molecule has 1 aromatic heterocycles. The van der Waals surface area contributed by atoms with Crippen molar-refractivity contribution in [1.29, 1.82) is 0 Å². The van der Waals surface area contributed by atoms with Crippen LogP contribution in [0.3, 0.4) is 0 Å². The van der Waals surface area contributed by atoms with Gasteiger partial charge in [0.1, 0.15) is 0 Å². The zero-order valence-electron chi connectivity index (χ0n) is 4.70. The standard InChI is InChI=1S/C4H7N3.2ClH/c5-1-4-2-6-7-3-4;;/h2-3H,1,5H2,(H,6,7);2*1H. The zero-order valence-corrected chi connectivity index (χ0v) is 6.34. The first-order valence-corrected chi connectivity index (χ1v) is 2.11. The molecule has 0 radical (unpaired) electrons. The van der Waals surface area contributed by atoms with Crippen molar-refractivity contribution < 1.29 is 0 Å². The Morgan fingerprint density at radius 3 is 2.44 bits per heavy atom. The minimum absolute atomic E-state index is 0. The van der Waals surface area contributed by atoms with E-state index < -0.39 is 0 Å².